The van der Waals surface area contributed by atoms with Crippen LogP contribution in [-0.2, 0) is 13.6 Å². The smallest absolute Gasteiger partial charge is 0.225 e. The van der Waals surface area contributed by atoms with Gasteiger partial charge in [0.1, 0.15) is 10.6 Å². The van der Waals surface area contributed by atoms with Crippen molar-refractivity contribution in [1.82, 2.24) is 19.7 Å². The van der Waals surface area contributed by atoms with Crippen LogP contribution in [-0.4, -0.2) is 26.8 Å². The molecule has 3 aromatic heterocycles. The first kappa shape index (κ1) is 12.4. The molecule has 7 heteroatoms. The molecule has 5 nitrogen and oxygen atoms in total. The minimum Gasteiger partial charge on any atom is -0.355 e. The zero-order chi connectivity index (χ0) is 13.4. The van der Waals surface area contributed by atoms with E-state index in [0.717, 1.165) is 28.1 Å². The second-order valence-corrected chi connectivity index (χ2v) is 5.57. The van der Waals surface area contributed by atoms with Crippen LogP contribution in [0.15, 0.2) is 23.8 Å². The summed E-state index contributed by atoms with van der Waals surface area (Å²) in [6.07, 6.45) is 3.84. The molecule has 0 saturated carbocycles. The molecule has 3 heterocycles. The summed E-state index contributed by atoms with van der Waals surface area (Å²) in [7, 11) is 3.89. The summed E-state index contributed by atoms with van der Waals surface area (Å²) in [5, 5.41) is 7.47. The molecule has 3 aromatic rings. The maximum absolute atomic E-state index is 5.97. The molecule has 0 spiro atoms. The molecule has 0 aliphatic rings. The normalized spacial score (nSPS) is 11.1. The van der Waals surface area contributed by atoms with Gasteiger partial charge in [0.2, 0.25) is 5.28 Å². The zero-order valence-electron chi connectivity index (χ0n) is 10.5. The van der Waals surface area contributed by atoms with Gasteiger partial charge in [-0.05, 0) is 23.0 Å². The molecule has 0 bridgehead atoms. The highest BCUT2D eigenvalue weighted by Gasteiger charge is 2.12. The van der Waals surface area contributed by atoms with Crippen molar-refractivity contribution < 1.29 is 0 Å². The molecule has 0 atom stereocenters. The molecule has 0 fully saturated rings. The van der Waals surface area contributed by atoms with E-state index in [2.05, 4.69) is 20.0 Å². The van der Waals surface area contributed by atoms with E-state index in [9.17, 15) is 0 Å². The van der Waals surface area contributed by atoms with Crippen molar-refractivity contribution in [2.24, 2.45) is 7.05 Å². The SMILES string of the molecule is CN(Cc1cnn(C)c1)c1nc(Cl)nc2sccc12. The number of anilines is 1. The molecule has 3 rings (SSSR count). The Morgan fingerprint density at radius 3 is 3.00 bits per heavy atom. The van der Waals surface area contributed by atoms with Gasteiger partial charge < -0.3 is 4.90 Å². The third kappa shape index (κ3) is 2.41. The zero-order valence-corrected chi connectivity index (χ0v) is 12.1. The van der Waals surface area contributed by atoms with E-state index >= 15 is 0 Å². The summed E-state index contributed by atoms with van der Waals surface area (Å²) >= 11 is 7.54. The molecule has 0 radical (unpaired) electrons. The molecule has 0 amide bonds. The Kier molecular flexibility index (Phi) is 3.12. The van der Waals surface area contributed by atoms with Crippen molar-refractivity contribution in [3.63, 3.8) is 0 Å². The third-order valence-electron chi connectivity index (χ3n) is 2.82. The van der Waals surface area contributed by atoms with Gasteiger partial charge in [0, 0.05) is 32.4 Å². The van der Waals surface area contributed by atoms with Gasteiger partial charge in [0.25, 0.3) is 0 Å². The Hall–Kier alpha value is -1.66. The lowest BCUT2D eigenvalue weighted by molar-refractivity contribution is 0.766. The van der Waals surface area contributed by atoms with Crippen LogP contribution in [0.2, 0.25) is 5.28 Å². The number of fused-ring (bicyclic) bond motifs is 1. The lowest BCUT2D eigenvalue weighted by atomic mass is 10.3. The molecule has 0 aliphatic heterocycles. The average molecular weight is 294 g/mol. The minimum absolute atomic E-state index is 0.281. The number of rotatable bonds is 3. The van der Waals surface area contributed by atoms with E-state index in [1.54, 1.807) is 16.0 Å². The highest BCUT2D eigenvalue weighted by atomic mass is 35.5. The molecular formula is C12H12ClN5S. The van der Waals surface area contributed by atoms with Crippen molar-refractivity contribution in [2.45, 2.75) is 6.54 Å². The number of thiophene rings is 1. The number of halogens is 1. The molecule has 19 heavy (non-hydrogen) atoms. The van der Waals surface area contributed by atoms with Crippen molar-refractivity contribution in [3.8, 4) is 0 Å². The van der Waals surface area contributed by atoms with Crippen LogP contribution in [0, 0.1) is 0 Å². The van der Waals surface area contributed by atoms with Gasteiger partial charge in [-0.1, -0.05) is 0 Å². The van der Waals surface area contributed by atoms with Gasteiger partial charge >= 0.3 is 0 Å². The van der Waals surface area contributed by atoms with Crippen LogP contribution < -0.4 is 4.90 Å². The fraction of sp³-hybridized carbons (Fsp3) is 0.250. The van der Waals surface area contributed by atoms with E-state index in [0.29, 0.717) is 0 Å². The first-order valence-corrected chi connectivity index (χ1v) is 6.98. The molecular weight excluding hydrogens is 282 g/mol. The Labute approximate surface area is 119 Å². The van der Waals surface area contributed by atoms with Gasteiger partial charge in [-0.25, -0.2) is 4.98 Å². The van der Waals surface area contributed by atoms with E-state index in [1.165, 1.54) is 0 Å². The minimum atomic E-state index is 0.281. The lowest BCUT2D eigenvalue weighted by Gasteiger charge is -2.18. The van der Waals surface area contributed by atoms with E-state index in [-0.39, 0.29) is 5.28 Å². The largest absolute Gasteiger partial charge is 0.355 e. The van der Waals surface area contributed by atoms with Gasteiger partial charge in [0.15, 0.2) is 0 Å². The number of hydrogen-bond donors (Lipinski definition) is 0. The van der Waals surface area contributed by atoms with E-state index < -0.39 is 0 Å². The second-order valence-electron chi connectivity index (χ2n) is 4.33. The van der Waals surface area contributed by atoms with Crippen molar-refractivity contribution >= 4 is 39.0 Å². The fourth-order valence-electron chi connectivity index (χ4n) is 2.01. The van der Waals surface area contributed by atoms with Gasteiger partial charge in [-0.2, -0.15) is 10.1 Å². The van der Waals surface area contributed by atoms with Crippen LogP contribution in [0.4, 0.5) is 5.82 Å². The molecule has 0 aromatic carbocycles. The quantitative estimate of drug-likeness (QED) is 0.697. The van der Waals surface area contributed by atoms with Crippen LogP contribution in [0.1, 0.15) is 5.56 Å². The van der Waals surface area contributed by atoms with Crippen molar-refractivity contribution in [3.05, 3.63) is 34.7 Å². The highest BCUT2D eigenvalue weighted by molar-refractivity contribution is 7.16. The van der Waals surface area contributed by atoms with Crippen LogP contribution in [0.5, 0.6) is 0 Å². The number of aromatic nitrogens is 4. The molecule has 0 N–H and O–H groups in total. The van der Waals surface area contributed by atoms with Crippen molar-refractivity contribution in [2.75, 3.05) is 11.9 Å². The standard InChI is InChI=1S/C12H12ClN5S/c1-17(6-8-5-14-18(2)7-8)10-9-3-4-19-11(9)16-12(13)15-10/h3-5,7H,6H2,1-2H3. The fourth-order valence-corrected chi connectivity index (χ4v) is 2.98. The number of hydrogen-bond acceptors (Lipinski definition) is 5. The Bertz CT molecular complexity index is 720. The maximum Gasteiger partial charge on any atom is 0.225 e. The molecule has 98 valence electrons. The van der Waals surface area contributed by atoms with Gasteiger partial charge in [-0.15, -0.1) is 11.3 Å². The number of nitrogens with zero attached hydrogens (tertiary/aromatic N) is 5. The summed E-state index contributed by atoms with van der Waals surface area (Å²) in [4.78, 5) is 11.5. The first-order valence-electron chi connectivity index (χ1n) is 5.73. The first-order chi connectivity index (χ1) is 9.13. The van der Waals surface area contributed by atoms with Crippen LogP contribution in [0.25, 0.3) is 10.2 Å². The Morgan fingerprint density at radius 1 is 1.42 bits per heavy atom. The van der Waals surface area contributed by atoms with Gasteiger partial charge in [0.05, 0.1) is 11.6 Å². The van der Waals surface area contributed by atoms with Crippen LogP contribution >= 0.6 is 22.9 Å². The topological polar surface area (TPSA) is 46.8 Å². The second kappa shape index (κ2) is 4.79. The average Bonchev–Trinajstić information content (AvgIpc) is 2.96. The van der Waals surface area contributed by atoms with E-state index in [4.69, 9.17) is 11.6 Å². The predicted octanol–water partition coefficient (Wildman–Crippen LogP) is 2.71. The number of aryl methyl sites for hydroxylation is 1. The maximum atomic E-state index is 5.97. The van der Waals surface area contributed by atoms with Crippen LogP contribution in [0.3, 0.4) is 0 Å². The lowest BCUT2D eigenvalue weighted by Crippen LogP contribution is -2.17. The summed E-state index contributed by atoms with van der Waals surface area (Å²) in [6, 6.07) is 2.02. The molecule has 0 aliphatic carbocycles. The Morgan fingerprint density at radius 2 is 2.26 bits per heavy atom. The Balaban J connectivity index is 1.96. The summed E-state index contributed by atoms with van der Waals surface area (Å²) in [5.41, 5.74) is 1.13. The molecule has 0 unspecified atom stereocenters. The summed E-state index contributed by atoms with van der Waals surface area (Å²) in [6.45, 7) is 0.728. The monoisotopic (exact) mass is 293 g/mol. The molecule has 0 saturated heterocycles. The predicted molar refractivity (Wildman–Crippen MR) is 77.7 cm³/mol. The van der Waals surface area contributed by atoms with Gasteiger partial charge in [-0.3, -0.25) is 4.68 Å². The highest BCUT2D eigenvalue weighted by Crippen LogP contribution is 2.29. The third-order valence-corrected chi connectivity index (χ3v) is 3.79. The van der Waals surface area contributed by atoms with E-state index in [1.807, 2.05) is 37.9 Å². The summed E-state index contributed by atoms with van der Waals surface area (Å²) < 4.78 is 1.79. The van der Waals surface area contributed by atoms with Crippen molar-refractivity contribution in [1.29, 1.82) is 0 Å². The summed E-state index contributed by atoms with van der Waals surface area (Å²) in [5.74, 6) is 0.847.